The predicted molar refractivity (Wildman–Crippen MR) is 82.5 cm³/mol. The van der Waals surface area contributed by atoms with Crippen molar-refractivity contribution in [2.75, 3.05) is 20.1 Å². The van der Waals surface area contributed by atoms with E-state index in [9.17, 15) is 8.42 Å². The normalized spacial score (nSPS) is 16.0. The Bertz CT molecular complexity index is 549. The Morgan fingerprint density at radius 3 is 2.81 bits per heavy atom. The molecule has 1 aromatic rings. The molecule has 1 N–H and O–H groups in total. The number of rotatable bonds is 9. The molecular formula is C14H26N4O2S. The lowest BCUT2D eigenvalue weighted by Crippen LogP contribution is -2.28. The summed E-state index contributed by atoms with van der Waals surface area (Å²) in [4.78, 5) is 0.294. The van der Waals surface area contributed by atoms with Gasteiger partial charge in [0, 0.05) is 32.4 Å². The number of hydrogen-bond acceptors (Lipinski definition) is 4. The molecule has 1 fully saturated rings. The molecule has 1 aliphatic rings. The highest BCUT2D eigenvalue weighted by atomic mass is 32.2. The predicted octanol–water partition coefficient (Wildman–Crippen LogP) is 1.30. The quantitative estimate of drug-likeness (QED) is 0.698. The summed E-state index contributed by atoms with van der Waals surface area (Å²) in [7, 11) is -1.73. The molecule has 0 radical (unpaired) electrons. The van der Waals surface area contributed by atoms with Crippen LogP contribution in [-0.4, -0.2) is 48.7 Å². The minimum absolute atomic E-state index is 0.294. The molecule has 1 heterocycles. The van der Waals surface area contributed by atoms with Gasteiger partial charge < -0.3 is 5.32 Å². The number of nitrogens with zero attached hydrogens (tertiary/aromatic N) is 3. The smallest absolute Gasteiger partial charge is 0.245 e. The van der Waals surface area contributed by atoms with E-state index in [2.05, 4.69) is 24.3 Å². The highest BCUT2D eigenvalue weighted by molar-refractivity contribution is 7.89. The average molecular weight is 314 g/mol. The van der Waals surface area contributed by atoms with Gasteiger partial charge in [0.25, 0.3) is 0 Å². The number of hydrogen-bond donors (Lipinski definition) is 1. The average Bonchev–Trinajstić information content (AvgIpc) is 3.09. The van der Waals surface area contributed by atoms with Gasteiger partial charge in [0.1, 0.15) is 4.90 Å². The zero-order valence-corrected chi connectivity index (χ0v) is 13.9. The minimum atomic E-state index is -3.38. The summed E-state index contributed by atoms with van der Waals surface area (Å²) >= 11 is 0. The van der Waals surface area contributed by atoms with Crippen molar-refractivity contribution >= 4 is 10.0 Å². The standard InChI is InChI=1S/C14H26N4O2S/c1-12(2)15-7-4-8-18-11-14(9-16-18)21(19,20)17(3)10-13-5-6-13/h9,11-13,15H,4-8,10H2,1-3H3. The fourth-order valence-corrected chi connectivity index (χ4v) is 3.38. The number of sulfonamides is 1. The lowest BCUT2D eigenvalue weighted by Gasteiger charge is -2.15. The first-order valence-electron chi connectivity index (χ1n) is 7.62. The van der Waals surface area contributed by atoms with Crippen LogP contribution in [0.15, 0.2) is 17.3 Å². The van der Waals surface area contributed by atoms with E-state index in [1.807, 2.05) is 0 Å². The summed E-state index contributed by atoms with van der Waals surface area (Å²) in [5, 5.41) is 7.49. The van der Waals surface area contributed by atoms with Gasteiger partial charge in [-0.3, -0.25) is 4.68 Å². The van der Waals surface area contributed by atoms with E-state index in [-0.39, 0.29) is 0 Å². The van der Waals surface area contributed by atoms with Crippen LogP contribution in [0.2, 0.25) is 0 Å². The van der Waals surface area contributed by atoms with E-state index in [0.717, 1.165) is 32.4 Å². The molecule has 0 unspecified atom stereocenters. The fourth-order valence-electron chi connectivity index (χ4n) is 2.17. The zero-order valence-electron chi connectivity index (χ0n) is 13.1. The van der Waals surface area contributed by atoms with Crippen LogP contribution in [0.5, 0.6) is 0 Å². The van der Waals surface area contributed by atoms with Crippen molar-refractivity contribution in [1.29, 1.82) is 0 Å². The van der Waals surface area contributed by atoms with E-state index in [1.54, 1.807) is 17.9 Å². The second kappa shape index (κ2) is 6.89. The van der Waals surface area contributed by atoms with Gasteiger partial charge in [0.2, 0.25) is 10.0 Å². The van der Waals surface area contributed by atoms with Crippen LogP contribution in [0.25, 0.3) is 0 Å². The summed E-state index contributed by atoms with van der Waals surface area (Å²) in [6.45, 7) is 6.46. The van der Waals surface area contributed by atoms with Gasteiger partial charge in [-0.2, -0.15) is 5.10 Å². The molecule has 0 bridgehead atoms. The molecule has 1 aromatic heterocycles. The molecule has 2 rings (SSSR count). The van der Waals surface area contributed by atoms with Crippen molar-refractivity contribution in [1.82, 2.24) is 19.4 Å². The maximum absolute atomic E-state index is 12.4. The van der Waals surface area contributed by atoms with Crippen molar-refractivity contribution in [3.05, 3.63) is 12.4 Å². The molecule has 0 amide bonds. The van der Waals surface area contributed by atoms with E-state index in [1.165, 1.54) is 10.5 Å². The van der Waals surface area contributed by atoms with Crippen LogP contribution >= 0.6 is 0 Å². The Morgan fingerprint density at radius 1 is 1.48 bits per heavy atom. The van der Waals surface area contributed by atoms with Crippen molar-refractivity contribution < 1.29 is 8.42 Å². The summed E-state index contributed by atoms with van der Waals surface area (Å²) in [5.74, 6) is 0.543. The second-order valence-corrected chi connectivity index (χ2v) is 8.18. The molecule has 120 valence electrons. The second-order valence-electron chi connectivity index (χ2n) is 6.13. The molecule has 0 spiro atoms. The van der Waals surface area contributed by atoms with Crippen LogP contribution in [0.1, 0.15) is 33.1 Å². The van der Waals surface area contributed by atoms with Crippen LogP contribution in [0.4, 0.5) is 0 Å². The fraction of sp³-hybridized carbons (Fsp3) is 0.786. The van der Waals surface area contributed by atoms with Crippen LogP contribution in [0, 0.1) is 5.92 Å². The molecule has 7 heteroatoms. The molecule has 6 nitrogen and oxygen atoms in total. The highest BCUT2D eigenvalue weighted by Gasteiger charge is 2.29. The third kappa shape index (κ3) is 4.79. The first-order chi connectivity index (χ1) is 9.89. The molecule has 0 aromatic carbocycles. The van der Waals surface area contributed by atoms with Gasteiger partial charge in [-0.25, -0.2) is 12.7 Å². The van der Waals surface area contributed by atoms with Crippen molar-refractivity contribution in [3.8, 4) is 0 Å². The molecule has 0 saturated heterocycles. The molecule has 1 saturated carbocycles. The first-order valence-corrected chi connectivity index (χ1v) is 9.06. The van der Waals surface area contributed by atoms with Gasteiger partial charge >= 0.3 is 0 Å². The van der Waals surface area contributed by atoms with Gasteiger partial charge in [-0.05, 0) is 31.7 Å². The lowest BCUT2D eigenvalue weighted by molar-refractivity contribution is 0.452. The zero-order chi connectivity index (χ0) is 15.5. The molecular weight excluding hydrogens is 288 g/mol. The Hall–Kier alpha value is -0.920. The lowest BCUT2D eigenvalue weighted by atomic mass is 10.3. The number of aromatic nitrogens is 2. The Morgan fingerprint density at radius 2 is 2.19 bits per heavy atom. The van der Waals surface area contributed by atoms with Gasteiger partial charge in [-0.15, -0.1) is 0 Å². The van der Waals surface area contributed by atoms with Crippen LogP contribution < -0.4 is 5.32 Å². The van der Waals surface area contributed by atoms with E-state index < -0.39 is 10.0 Å². The molecule has 1 aliphatic carbocycles. The SMILES string of the molecule is CC(C)NCCCn1cc(S(=O)(=O)N(C)CC2CC2)cn1. The van der Waals surface area contributed by atoms with Crippen LogP contribution in [-0.2, 0) is 16.6 Å². The van der Waals surface area contributed by atoms with Gasteiger partial charge in [0.05, 0.1) is 6.20 Å². The third-order valence-corrected chi connectivity index (χ3v) is 5.42. The summed E-state index contributed by atoms with van der Waals surface area (Å²) in [6.07, 6.45) is 6.30. The third-order valence-electron chi connectivity index (χ3n) is 3.65. The maximum Gasteiger partial charge on any atom is 0.245 e. The van der Waals surface area contributed by atoms with Crippen molar-refractivity contribution in [2.45, 2.75) is 50.6 Å². The largest absolute Gasteiger partial charge is 0.314 e. The Balaban J connectivity index is 1.88. The number of aryl methyl sites for hydroxylation is 1. The van der Waals surface area contributed by atoms with Crippen LogP contribution in [0.3, 0.4) is 0 Å². The maximum atomic E-state index is 12.4. The van der Waals surface area contributed by atoms with E-state index in [4.69, 9.17) is 0 Å². The molecule has 0 atom stereocenters. The van der Waals surface area contributed by atoms with E-state index >= 15 is 0 Å². The van der Waals surface area contributed by atoms with Crippen molar-refractivity contribution in [3.63, 3.8) is 0 Å². The van der Waals surface area contributed by atoms with Gasteiger partial charge in [-0.1, -0.05) is 13.8 Å². The summed E-state index contributed by atoms with van der Waals surface area (Å²) in [5.41, 5.74) is 0. The monoisotopic (exact) mass is 314 g/mol. The summed E-state index contributed by atoms with van der Waals surface area (Å²) in [6, 6.07) is 0.467. The minimum Gasteiger partial charge on any atom is -0.314 e. The molecule has 21 heavy (non-hydrogen) atoms. The first kappa shape index (κ1) is 16.5. The summed E-state index contributed by atoms with van der Waals surface area (Å²) < 4.78 is 27.9. The van der Waals surface area contributed by atoms with Crippen molar-refractivity contribution in [2.24, 2.45) is 5.92 Å². The number of nitrogens with one attached hydrogen (secondary N) is 1. The topological polar surface area (TPSA) is 67.2 Å². The Labute approximate surface area is 127 Å². The highest BCUT2D eigenvalue weighted by Crippen LogP contribution is 2.30. The van der Waals surface area contributed by atoms with Gasteiger partial charge in [0.15, 0.2) is 0 Å². The Kier molecular flexibility index (Phi) is 5.40. The molecule has 0 aliphatic heterocycles. The van der Waals surface area contributed by atoms with E-state index in [0.29, 0.717) is 23.4 Å².